The Morgan fingerprint density at radius 1 is 1.31 bits per heavy atom. The minimum atomic E-state index is -5.06. The maximum absolute atomic E-state index is 11.3. The van der Waals surface area contributed by atoms with Crippen molar-refractivity contribution in [2.75, 3.05) is 0 Å². The molecule has 0 saturated heterocycles. The molecule has 1 aromatic carbocycles. The first-order valence-electron chi connectivity index (χ1n) is 6.25. The molecular weight excluding hydrogens is 236 g/mol. The second-order valence-electron chi connectivity index (χ2n) is 2.56. The highest BCUT2D eigenvalue weighted by molar-refractivity contribution is 7.81. The van der Waals surface area contributed by atoms with Gasteiger partial charge >= 0.3 is 16.0 Å². The van der Waals surface area contributed by atoms with Gasteiger partial charge in [-0.2, -0.15) is 8.42 Å². The van der Waals surface area contributed by atoms with E-state index in [2.05, 4.69) is 8.60 Å². The lowest BCUT2D eigenvalue weighted by Gasteiger charge is -2.01. The Morgan fingerprint density at radius 2 is 2.00 bits per heavy atom. The van der Waals surface area contributed by atoms with E-state index in [1.165, 1.54) is 0 Å². The molecule has 7 heteroatoms. The molecule has 0 saturated carbocycles. The number of rotatable bonds is 2. The molecule has 0 amide bonds. The summed E-state index contributed by atoms with van der Waals surface area (Å²) in [5, 5.41) is -0.475. The fourth-order valence-electron chi connectivity index (χ4n) is 0.916. The number of hydrogen-bond donors (Lipinski definition) is 1. The smallest absolute Gasteiger partial charge is 0.423 e. The fraction of sp³-hybridized carbons (Fsp3) is 0. The summed E-state index contributed by atoms with van der Waals surface area (Å²) in [4.78, 5) is 11.3. The summed E-state index contributed by atoms with van der Waals surface area (Å²) in [7, 11) is -5.06. The third kappa shape index (κ3) is 2.38. The molecule has 0 fully saturated rings. The second-order valence-corrected chi connectivity index (χ2v) is 3.58. The van der Waals surface area contributed by atoms with Gasteiger partial charge in [0.25, 0.3) is 0 Å². The van der Waals surface area contributed by atoms with Crippen molar-refractivity contribution in [3.8, 4) is 5.75 Å². The van der Waals surface area contributed by atoms with Crippen LogP contribution in [0.5, 0.6) is 5.75 Å². The Morgan fingerprint density at radius 3 is 2.69 bits per heavy atom. The van der Waals surface area contributed by atoms with Crippen LogP contribution in [-0.4, -0.2) is 13.0 Å². The van der Waals surface area contributed by atoms with Crippen LogP contribution >= 0.6 is 0 Å². The van der Waals surface area contributed by atoms with Crippen molar-refractivity contribution in [3.05, 3.63) is 40.6 Å². The van der Waals surface area contributed by atoms with E-state index in [0.717, 1.165) is 0 Å². The average Bonchev–Trinajstić information content (AvgIpc) is 2.37. The minimum Gasteiger partial charge on any atom is -0.423 e. The molecule has 84 valence electrons. The van der Waals surface area contributed by atoms with Crippen molar-refractivity contribution in [1.82, 2.24) is 0 Å². The van der Waals surface area contributed by atoms with Crippen LogP contribution in [-0.2, 0) is 10.4 Å². The van der Waals surface area contributed by atoms with E-state index in [0.29, 0.717) is 0 Å². The van der Waals surface area contributed by atoms with Crippen molar-refractivity contribution in [1.29, 1.82) is 0 Å². The van der Waals surface area contributed by atoms with Crippen LogP contribution in [0.1, 0.15) is 6.85 Å². The zero-order chi connectivity index (χ0) is 16.1. The number of fused-ring (bicyclic) bond motifs is 1. The SMILES string of the molecule is [2H]c1c(OS(=O)(=O)O)c([2H])c2oc(=O)c([2H])c([2H])c2c1[2H]. The van der Waals surface area contributed by atoms with Gasteiger partial charge in [-0.15, -0.1) is 0 Å². The average molecular weight is 247 g/mol. The van der Waals surface area contributed by atoms with Gasteiger partial charge in [-0.05, 0) is 18.1 Å². The maximum atomic E-state index is 11.3. The zero-order valence-electron chi connectivity index (χ0n) is 12.4. The number of benzene rings is 1. The highest BCUT2D eigenvalue weighted by Gasteiger charge is 2.08. The normalized spacial score (nSPS) is 15.9. The molecular formula is C9H6O6S. The Hall–Kier alpha value is -1.86. The van der Waals surface area contributed by atoms with Crippen LogP contribution in [0.15, 0.2) is 39.4 Å². The Labute approximate surface area is 97.1 Å². The van der Waals surface area contributed by atoms with Crippen molar-refractivity contribution in [3.63, 3.8) is 0 Å². The molecule has 1 heterocycles. The number of hydrogen-bond acceptors (Lipinski definition) is 5. The van der Waals surface area contributed by atoms with E-state index in [-0.39, 0.29) is 0 Å². The Balaban J connectivity index is 3.01. The lowest BCUT2D eigenvalue weighted by atomic mass is 10.2. The van der Waals surface area contributed by atoms with Gasteiger partial charge in [-0.1, -0.05) is 0 Å². The molecule has 0 bridgehead atoms. The first-order valence-corrected chi connectivity index (χ1v) is 5.11. The molecule has 16 heavy (non-hydrogen) atoms. The van der Waals surface area contributed by atoms with Crippen LogP contribution < -0.4 is 9.81 Å². The lowest BCUT2D eigenvalue weighted by molar-refractivity contribution is 0.386. The molecule has 0 atom stereocenters. The largest absolute Gasteiger partial charge is 0.446 e. The lowest BCUT2D eigenvalue weighted by Crippen LogP contribution is -2.06. The van der Waals surface area contributed by atoms with Crippen LogP contribution in [0, 0.1) is 0 Å². The Kier molecular flexibility index (Phi) is 1.36. The molecule has 0 spiro atoms. The molecule has 6 nitrogen and oxygen atoms in total. The van der Waals surface area contributed by atoms with Crippen molar-refractivity contribution in [2.45, 2.75) is 0 Å². The third-order valence-electron chi connectivity index (χ3n) is 1.43. The summed E-state index contributed by atoms with van der Waals surface area (Å²) in [5.74, 6) is -1.02. The van der Waals surface area contributed by atoms with E-state index in [1.54, 1.807) is 0 Å². The van der Waals surface area contributed by atoms with Gasteiger partial charge in [0.1, 0.15) is 11.3 Å². The van der Waals surface area contributed by atoms with E-state index in [9.17, 15) is 13.2 Å². The van der Waals surface area contributed by atoms with Gasteiger partial charge in [0.05, 0.1) is 6.85 Å². The van der Waals surface area contributed by atoms with Gasteiger partial charge in [0.15, 0.2) is 0 Å². The predicted octanol–water partition coefficient (Wildman–Crippen LogP) is 0.975. The second kappa shape index (κ2) is 3.62. The predicted molar refractivity (Wildman–Crippen MR) is 54.7 cm³/mol. The van der Waals surface area contributed by atoms with Gasteiger partial charge in [0, 0.05) is 17.5 Å². The molecule has 0 aliphatic carbocycles. The van der Waals surface area contributed by atoms with Gasteiger partial charge in [-0.25, -0.2) is 4.79 Å². The molecule has 0 aliphatic rings. The molecule has 1 aromatic heterocycles. The zero-order valence-corrected chi connectivity index (χ0v) is 8.21. The standard InChI is InChI=1S/C9H6O6S/c10-9-4-2-6-1-3-7(5-8(6)14-9)15-16(11,12)13/h1-5H,(H,11,12,13)/i1D,2D,3D,4D,5D. The molecule has 2 rings (SSSR count). The molecule has 0 radical (unpaired) electrons. The maximum Gasteiger partial charge on any atom is 0.446 e. The van der Waals surface area contributed by atoms with Crippen LogP contribution in [0.25, 0.3) is 11.0 Å². The van der Waals surface area contributed by atoms with Crippen LogP contribution in [0.2, 0.25) is 0 Å². The minimum absolute atomic E-state index is 0.475. The van der Waals surface area contributed by atoms with Crippen molar-refractivity contribution >= 4 is 21.4 Å². The molecule has 2 aromatic rings. The monoisotopic (exact) mass is 247 g/mol. The Bertz CT molecular complexity index is 919. The van der Waals surface area contributed by atoms with Crippen LogP contribution in [0.3, 0.4) is 0 Å². The highest BCUT2D eigenvalue weighted by Crippen LogP contribution is 2.20. The van der Waals surface area contributed by atoms with E-state index in [4.69, 9.17) is 11.4 Å². The van der Waals surface area contributed by atoms with E-state index >= 15 is 0 Å². The topological polar surface area (TPSA) is 93.8 Å². The van der Waals surface area contributed by atoms with Gasteiger partial charge in [-0.3, -0.25) is 4.55 Å². The summed E-state index contributed by atoms with van der Waals surface area (Å²) in [6, 6.07) is -4.19. The van der Waals surface area contributed by atoms with Crippen LogP contribution in [0.4, 0.5) is 0 Å². The fourth-order valence-corrected chi connectivity index (χ4v) is 1.21. The quantitative estimate of drug-likeness (QED) is 0.627. The third-order valence-corrected chi connectivity index (χ3v) is 1.81. The van der Waals surface area contributed by atoms with Gasteiger partial charge < -0.3 is 8.60 Å². The molecule has 0 aliphatic heterocycles. The first-order chi connectivity index (χ1) is 9.54. The summed E-state index contributed by atoms with van der Waals surface area (Å²) in [6.07, 6.45) is 0. The van der Waals surface area contributed by atoms with E-state index < -0.39 is 63.0 Å². The summed E-state index contributed by atoms with van der Waals surface area (Å²) in [6.45, 7) is 0. The molecule has 1 N–H and O–H groups in total. The van der Waals surface area contributed by atoms with Crippen molar-refractivity contribution < 1.29 is 28.4 Å². The van der Waals surface area contributed by atoms with Crippen molar-refractivity contribution in [2.24, 2.45) is 0 Å². The summed E-state index contributed by atoms with van der Waals surface area (Å²) in [5.41, 5.74) is -1.95. The van der Waals surface area contributed by atoms with E-state index in [1.807, 2.05) is 0 Å². The van der Waals surface area contributed by atoms with Gasteiger partial charge in [0.2, 0.25) is 0 Å². The highest BCUT2D eigenvalue weighted by atomic mass is 32.3. The first kappa shape index (κ1) is 6.02. The molecule has 0 unspecified atom stereocenters. The summed E-state index contributed by atoms with van der Waals surface area (Å²) < 4.78 is 76.3. The summed E-state index contributed by atoms with van der Waals surface area (Å²) >= 11 is 0.